The highest BCUT2D eigenvalue weighted by atomic mass is 35.5. The molecule has 0 radical (unpaired) electrons. The Kier molecular flexibility index (Phi) is 8.19. The molecule has 3 heterocycles. The van der Waals surface area contributed by atoms with E-state index in [0.717, 1.165) is 11.3 Å². The molecule has 0 saturated heterocycles. The Hall–Kier alpha value is -4.48. The molecule has 1 unspecified atom stereocenters. The molecule has 192 valence electrons. The van der Waals surface area contributed by atoms with E-state index in [1.807, 2.05) is 58.1 Å². The van der Waals surface area contributed by atoms with Gasteiger partial charge in [0.25, 0.3) is 5.56 Å². The first-order valence-corrected chi connectivity index (χ1v) is 12.6. The van der Waals surface area contributed by atoms with E-state index in [2.05, 4.69) is 32.1 Å². The molecule has 4 rings (SSSR count). The Morgan fingerprint density at radius 1 is 1.21 bits per heavy atom. The Morgan fingerprint density at radius 3 is 2.74 bits per heavy atom. The summed E-state index contributed by atoms with van der Waals surface area (Å²) in [4.78, 5) is 31.4. The van der Waals surface area contributed by atoms with Crippen LogP contribution in [0.1, 0.15) is 55.9 Å². The summed E-state index contributed by atoms with van der Waals surface area (Å²) in [6.45, 7) is 7.76. The number of nitrogens with zero attached hydrogens (tertiary/aromatic N) is 5. The lowest BCUT2D eigenvalue weighted by atomic mass is 10.1. The van der Waals surface area contributed by atoms with Gasteiger partial charge < -0.3 is 11.1 Å². The third kappa shape index (κ3) is 5.58. The smallest absolute Gasteiger partial charge is 0.267 e. The number of aromatic nitrogens is 5. The van der Waals surface area contributed by atoms with E-state index in [1.165, 1.54) is 6.33 Å². The van der Waals surface area contributed by atoms with Crippen LogP contribution in [-0.2, 0) is 0 Å². The minimum Gasteiger partial charge on any atom is -0.382 e. The normalized spacial score (nSPS) is 12.4. The number of anilines is 2. The molecular formula is C29H28ClN7O. The van der Waals surface area contributed by atoms with Crippen molar-refractivity contribution < 1.29 is 0 Å². The monoisotopic (exact) mass is 525 g/mol. The van der Waals surface area contributed by atoms with Gasteiger partial charge in [-0.2, -0.15) is 0 Å². The molecule has 9 heteroatoms. The summed E-state index contributed by atoms with van der Waals surface area (Å²) in [7, 11) is 0. The van der Waals surface area contributed by atoms with Crippen molar-refractivity contribution in [2.75, 3.05) is 11.1 Å². The van der Waals surface area contributed by atoms with Gasteiger partial charge in [-0.05, 0) is 63.0 Å². The second-order valence-corrected chi connectivity index (χ2v) is 9.01. The largest absolute Gasteiger partial charge is 0.382 e. The number of fused-ring (bicyclic) bond motifs is 1. The zero-order valence-corrected chi connectivity index (χ0v) is 22.4. The molecule has 3 N–H and O–H groups in total. The molecule has 4 aromatic rings. The number of nitrogens with two attached hydrogens (primary N) is 1. The zero-order chi connectivity index (χ0) is 27.2. The van der Waals surface area contributed by atoms with Crippen molar-refractivity contribution in [2.45, 2.75) is 40.2 Å². The van der Waals surface area contributed by atoms with Gasteiger partial charge in [0.15, 0.2) is 0 Å². The molecule has 0 aliphatic carbocycles. The van der Waals surface area contributed by atoms with Crippen LogP contribution in [0.15, 0.2) is 65.9 Å². The number of halogens is 1. The predicted molar refractivity (Wildman–Crippen MR) is 154 cm³/mol. The van der Waals surface area contributed by atoms with Crippen molar-refractivity contribution >= 4 is 39.8 Å². The van der Waals surface area contributed by atoms with Gasteiger partial charge in [-0.25, -0.2) is 19.9 Å². The minimum absolute atomic E-state index is 0.229. The van der Waals surface area contributed by atoms with Crippen LogP contribution in [0.2, 0.25) is 5.02 Å². The van der Waals surface area contributed by atoms with E-state index in [0.29, 0.717) is 45.2 Å². The molecule has 0 aliphatic rings. The maximum atomic E-state index is 13.8. The second-order valence-electron chi connectivity index (χ2n) is 8.60. The zero-order valence-electron chi connectivity index (χ0n) is 21.7. The number of aryl methyl sites for hydroxylation is 1. The molecule has 0 amide bonds. The van der Waals surface area contributed by atoms with Crippen LogP contribution >= 0.6 is 11.6 Å². The molecule has 1 atom stereocenters. The Balaban J connectivity index is 1.83. The fourth-order valence-electron chi connectivity index (χ4n) is 3.90. The summed E-state index contributed by atoms with van der Waals surface area (Å²) >= 11 is 6.43. The highest BCUT2D eigenvalue weighted by molar-refractivity contribution is 6.35. The van der Waals surface area contributed by atoms with Gasteiger partial charge in [-0.3, -0.25) is 9.36 Å². The number of nitrogens with one attached hydrogen (secondary N) is 1. The van der Waals surface area contributed by atoms with Gasteiger partial charge in [-0.1, -0.05) is 48.7 Å². The standard InChI is InChI=1S/C29H28ClN7O/c1-5-7-9-21(6-2)37-28(36-24-11-8-10-23(30)25(24)29(37)38)19(4)35-27-22(26(31)33-17-34-27)15-14-20-13-12-18(3)16-32-20/h5,7-13,16-17,19H,6H2,1-4H3,(H3,31,33,34,35)/b7-5-,21-9+. The Bertz CT molecular complexity index is 1660. The highest BCUT2D eigenvalue weighted by Gasteiger charge is 2.21. The van der Waals surface area contributed by atoms with Gasteiger partial charge in [0.2, 0.25) is 0 Å². The first kappa shape index (κ1) is 26.6. The lowest BCUT2D eigenvalue weighted by Crippen LogP contribution is -2.28. The average Bonchev–Trinajstić information content (AvgIpc) is 2.90. The lowest BCUT2D eigenvalue weighted by molar-refractivity contribution is 0.729. The number of hydrogen-bond acceptors (Lipinski definition) is 7. The van der Waals surface area contributed by atoms with Gasteiger partial charge in [-0.15, -0.1) is 0 Å². The number of benzene rings is 1. The molecule has 0 saturated carbocycles. The van der Waals surface area contributed by atoms with Crippen LogP contribution in [0.3, 0.4) is 0 Å². The van der Waals surface area contributed by atoms with Gasteiger partial charge in [0, 0.05) is 11.9 Å². The second kappa shape index (κ2) is 11.7. The maximum Gasteiger partial charge on any atom is 0.267 e. The van der Waals surface area contributed by atoms with Crippen LogP contribution in [0, 0.1) is 18.8 Å². The summed E-state index contributed by atoms with van der Waals surface area (Å²) < 4.78 is 1.61. The summed E-state index contributed by atoms with van der Waals surface area (Å²) in [5.41, 5.74) is 9.29. The molecule has 8 nitrogen and oxygen atoms in total. The summed E-state index contributed by atoms with van der Waals surface area (Å²) in [6, 6.07) is 8.56. The molecule has 0 aliphatic heterocycles. The molecule has 3 aromatic heterocycles. The molecule has 0 bridgehead atoms. The van der Waals surface area contributed by atoms with Crippen molar-refractivity contribution in [3.63, 3.8) is 0 Å². The van der Waals surface area contributed by atoms with Crippen molar-refractivity contribution in [1.82, 2.24) is 24.5 Å². The SMILES string of the molecule is C/C=C\C=C(/CC)n1c(C(C)Nc2ncnc(N)c2C#Cc2ccc(C)cn2)nc2cccc(Cl)c2c1=O. The van der Waals surface area contributed by atoms with Gasteiger partial charge in [0.05, 0.1) is 22.0 Å². The van der Waals surface area contributed by atoms with Crippen molar-refractivity contribution in [1.29, 1.82) is 0 Å². The van der Waals surface area contributed by atoms with E-state index in [1.54, 1.807) is 29.0 Å². The maximum absolute atomic E-state index is 13.8. The van der Waals surface area contributed by atoms with Crippen LogP contribution in [0.5, 0.6) is 0 Å². The van der Waals surface area contributed by atoms with E-state index in [-0.39, 0.29) is 11.4 Å². The van der Waals surface area contributed by atoms with E-state index in [4.69, 9.17) is 22.3 Å². The molecule has 38 heavy (non-hydrogen) atoms. The highest BCUT2D eigenvalue weighted by Crippen LogP contribution is 2.26. The van der Waals surface area contributed by atoms with Crippen molar-refractivity contribution in [3.8, 4) is 11.8 Å². The van der Waals surface area contributed by atoms with E-state index >= 15 is 0 Å². The van der Waals surface area contributed by atoms with Gasteiger partial charge in [0.1, 0.15) is 35.0 Å². The quantitative estimate of drug-likeness (QED) is 0.251. The van der Waals surface area contributed by atoms with Crippen molar-refractivity contribution in [3.05, 3.63) is 99.1 Å². The average molecular weight is 526 g/mol. The third-order valence-corrected chi connectivity index (χ3v) is 6.16. The molecule has 0 fully saturated rings. The first-order chi connectivity index (χ1) is 18.3. The van der Waals surface area contributed by atoms with Gasteiger partial charge >= 0.3 is 0 Å². The van der Waals surface area contributed by atoms with Crippen LogP contribution in [-0.4, -0.2) is 24.5 Å². The first-order valence-electron chi connectivity index (χ1n) is 12.2. The lowest BCUT2D eigenvalue weighted by Gasteiger charge is -2.22. The number of allylic oxidation sites excluding steroid dienone is 4. The topological polar surface area (TPSA) is 112 Å². The number of hydrogen-bond donors (Lipinski definition) is 2. The van der Waals surface area contributed by atoms with E-state index in [9.17, 15) is 4.79 Å². The van der Waals surface area contributed by atoms with Crippen LogP contribution in [0.25, 0.3) is 16.6 Å². The predicted octanol–water partition coefficient (Wildman–Crippen LogP) is 5.53. The number of rotatable bonds is 6. The molecule has 1 aromatic carbocycles. The van der Waals surface area contributed by atoms with Crippen LogP contribution in [0.4, 0.5) is 11.6 Å². The van der Waals surface area contributed by atoms with Crippen LogP contribution < -0.4 is 16.6 Å². The summed E-state index contributed by atoms with van der Waals surface area (Å²) in [5.74, 6) is 7.22. The van der Waals surface area contributed by atoms with E-state index < -0.39 is 6.04 Å². The van der Waals surface area contributed by atoms with Crippen molar-refractivity contribution in [2.24, 2.45) is 0 Å². The Morgan fingerprint density at radius 2 is 2.03 bits per heavy atom. The summed E-state index contributed by atoms with van der Waals surface area (Å²) in [5, 5.41) is 4.06. The number of nitrogen functional groups attached to an aromatic ring is 1. The molecular weight excluding hydrogens is 498 g/mol. The number of pyridine rings is 1. The summed E-state index contributed by atoms with van der Waals surface area (Å²) in [6.07, 6.45) is 9.41. The fraction of sp³-hybridized carbons (Fsp3) is 0.207. The minimum atomic E-state index is -0.459. The third-order valence-electron chi connectivity index (χ3n) is 5.85. The molecule has 0 spiro atoms. The Labute approximate surface area is 226 Å². The fourth-order valence-corrected chi connectivity index (χ4v) is 4.15.